The van der Waals surface area contributed by atoms with E-state index in [4.69, 9.17) is 4.74 Å². The minimum atomic E-state index is -2.34. The summed E-state index contributed by atoms with van der Waals surface area (Å²) in [6.45, 7) is 7.34. The van der Waals surface area contributed by atoms with Crippen LogP contribution >= 0.6 is 0 Å². The third-order valence-corrected chi connectivity index (χ3v) is 4.25. The van der Waals surface area contributed by atoms with Crippen LogP contribution < -0.4 is 0 Å². The molecule has 0 aromatic rings. The Bertz CT molecular complexity index is 264. The van der Waals surface area contributed by atoms with Crippen LogP contribution in [0.25, 0.3) is 0 Å². The first-order chi connectivity index (χ1) is 10.4. The Morgan fingerprint density at radius 2 is 1.27 bits per heavy atom. The summed E-state index contributed by atoms with van der Waals surface area (Å²) >= 11 is 0. The predicted molar refractivity (Wildman–Crippen MR) is 95.9 cm³/mol. The van der Waals surface area contributed by atoms with Gasteiger partial charge in [0.1, 0.15) is 0 Å². The highest BCUT2D eigenvalue weighted by atomic mass is 28.1. The van der Waals surface area contributed by atoms with Crippen molar-refractivity contribution in [2.24, 2.45) is 0 Å². The molecule has 4 heteroatoms. The molecule has 0 aliphatic heterocycles. The van der Waals surface area contributed by atoms with Gasteiger partial charge in [-0.3, -0.25) is 0 Å². The maximum absolute atomic E-state index is 12.7. The van der Waals surface area contributed by atoms with Gasteiger partial charge in [0.25, 0.3) is 0 Å². The number of ether oxygens (including phenoxy) is 1. The van der Waals surface area contributed by atoms with Gasteiger partial charge in [0.15, 0.2) is 0 Å². The second-order valence-electron chi connectivity index (χ2n) is 6.72. The summed E-state index contributed by atoms with van der Waals surface area (Å²) in [5.74, 6) is 0. The highest BCUT2D eigenvalue weighted by Crippen LogP contribution is 2.18. The molecule has 0 amide bonds. The second kappa shape index (κ2) is 14.4. The highest BCUT2D eigenvalue weighted by Gasteiger charge is 2.18. The van der Waals surface area contributed by atoms with Gasteiger partial charge in [-0.1, -0.05) is 69.9 Å². The molecule has 1 nitrogen and oxygen atoms in total. The molecular formula is C18H36F2OSi. The average molecular weight is 335 g/mol. The van der Waals surface area contributed by atoms with E-state index in [1.165, 1.54) is 44.9 Å². The molecule has 0 unspecified atom stereocenters. The number of halogens is 2. The lowest BCUT2D eigenvalue weighted by Crippen LogP contribution is -2.14. The zero-order valence-electron chi connectivity index (χ0n) is 14.8. The van der Waals surface area contributed by atoms with Crippen molar-refractivity contribution in [2.75, 3.05) is 13.2 Å². The molecule has 0 saturated carbocycles. The van der Waals surface area contributed by atoms with Crippen LogP contribution in [-0.4, -0.2) is 29.0 Å². The first-order valence-corrected chi connectivity index (χ1v) is 10.0. The van der Waals surface area contributed by atoms with Crippen LogP contribution in [0.5, 0.6) is 0 Å². The molecule has 0 bridgehead atoms. The fraction of sp³-hybridized carbons (Fsp3) is 0.889. The lowest BCUT2D eigenvalue weighted by atomic mass is 10.1. The van der Waals surface area contributed by atoms with E-state index in [0.29, 0.717) is 13.0 Å². The van der Waals surface area contributed by atoms with Gasteiger partial charge in [-0.25, -0.2) is 8.78 Å². The van der Waals surface area contributed by atoms with Crippen molar-refractivity contribution >= 4 is 10.2 Å². The Morgan fingerprint density at radius 3 is 1.68 bits per heavy atom. The minimum Gasteiger partial charge on any atom is -0.377 e. The zero-order valence-corrected chi connectivity index (χ0v) is 16.8. The van der Waals surface area contributed by atoms with Crippen molar-refractivity contribution in [3.05, 3.63) is 12.2 Å². The molecule has 0 aromatic carbocycles. The number of rotatable bonds is 16. The van der Waals surface area contributed by atoms with Gasteiger partial charge in [-0.15, -0.1) is 0 Å². The molecule has 0 N–H and O–H groups in total. The number of unbranched alkanes of at least 4 members (excludes halogenated alkanes) is 10. The molecule has 0 aromatic heterocycles. The Hall–Kier alpha value is -0.223. The van der Waals surface area contributed by atoms with Gasteiger partial charge in [0.05, 0.1) is 16.8 Å². The van der Waals surface area contributed by atoms with Crippen molar-refractivity contribution in [2.45, 2.75) is 89.5 Å². The van der Waals surface area contributed by atoms with Crippen LogP contribution in [-0.2, 0) is 4.74 Å². The SMILES string of the molecule is C=C(C)COCCCCCCCCCCCCCC(F)(F)[SiH3]. The third-order valence-electron chi connectivity index (χ3n) is 3.75. The zero-order chi connectivity index (χ0) is 16.7. The second-order valence-corrected chi connectivity index (χ2v) is 8.18. The van der Waals surface area contributed by atoms with Gasteiger partial charge in [-0.2, -0.15) is 0 Å². The molecule has 0 atom stereocenters. The molecule has 0 radical (unpaired) electrons. The van der Waals surface area contributed by atoms with Gasteiger partial charge in [-0.05, 0) is 19.8 Å². The number of alkyl halides is 2. The van der Waals surface area contributed by atoms with Crippen molar-refractivity contribution < 1.29 is 13.5 Å². The monoisotopic (exact) mass is 334 g/mol. The normalized spacial score (nSPS) is 12.0. The third kappa shape index (κ3) is 19.8. The molecule has 0 saturated heterocycles. The molecule has 0 rings (SSSR count). The van der Waals surface area contributed by atoms with Gasteiger partial charge < -0.3 is 4.74 Å². The van der Waals surface area contributed by atoms with E-state index >= 15 is 0 Å². The molecule has 0 heterocycles. The van der Waals surface area contributed by atoms with Crippen LogP contribution in [0.3, 0.4) is 0 Å². The van der Waals surface area contributed by atoms with Crippen LogP contribution in [0.1, 0.15) is 84.0 Å². The van der Waals surface area contributed by atoms with Crippen LogP contribution in [0.15, 0.2) is 12.2 Å². The first kappa shape index (κ1) is 21.8. The largest absolute Gasteiger partial charge is 0.377 e. The fourth-order valence-corrected chi connectivity index (χ4v) is 2.83. The first-order valence-electron chi connectivity index (χ1n) is 9.02. The molecular weight excluding hydrogens is 298 g/mol. The molecule has 22 heavy (non-hydrogen) atoms. The van der Waals surface area contributed by atoms with Crippen molar-refractivity contribution in [1.29, 1.82) is 0 Å². The van der Waals surface area contributed by atoms with Gasteiger partial charge >= 0.3 is 0 Å². The quantitative estimate of drug-likeness (QED) is 0.214. The van der Waals surface area contributed by atoms with Crippen molar-refractivity contribution in [3.63, 3.8) is 0 Å². The summed E-state index contributed by atoms with van der Waals surface area (Å²) < 4.78 is 30.8. The molecule has 0 fully saturated rings. The van der Waals surface area contributed by atoms with E-state index < -0.39 is 5.55 Å². The molecule has 0 aliphatic carbocycles. The van der Waals surface area contributed by atoms with Crippen molar-refractivity contribution in [3.8, 4) is 0 Å². The summed E-state index contributed by atoms with van der Waals surface area (Å²) in [5, 5.41) is 0. The van der Waals surface area contributed by atoms with E-state index in [2.05, 4.69) is 6.58 Å². The van der Waals surface area contributed by atoms with E-state index in [9.17, 15) is 8.78 Å². The molecule has 0 aliphatic rings. The van der Waals surface area contributed by atoms with Gasteiger partial charge in [0.2, 0.25) is 5.55 Å². The number of hydrogen-bond donors (Lipinski definition) is 0. The van der Waals surface area contributed by atoms with Crippen molar-refractivity contribution in [1.82, 2.24) is 0 Å². The predicted octanol–water partition coefficient (Wildman–Crippen LogP) is 5.22. The van der Waals surface area contributed by atoms with E-state index in [1.54, 1.807) is 0 Å². The lowest BCUT2D eigenvalue weighted by molar-refractivity contribution is 0.0819. The lowest BCUT2D eigenvalue weighted by Gasteiger charge is -2.09. The van der Waals surface area contributed by atoms with Crippen LogP contribution in [0.2, 0.25) is 0 Å². The van der Waals surface area contributed by atoms with E-state index in [1.807, 2.05) is 6.92 Å². The maximum Gasteiger partial charge on any atom is 0.219 e. The Labute approximate surface area is 139 Å². The topological polar surface area (TPSA) is 9.23 Å². The number of hydrogen-bond acceptors (Lipinski definition) is 1. The average Bonchev–Trinajstić information content (AvgIpc) is 2.41. The summed E-state index contributed by atoms with van der Waals surface area (Å²) in [5.41, 5.74) is -1.25. The Morgan fingerprint density at radius 1 is 0.864 bits per heavy atom. The van der Waals surface area contributed by atoms with Crippen LogP contribution in [0, 0.1) is 0 Å². The fourth-order valence-electron chi connectivity index (χ4n) is 2.48. The van der Waals surface area contributed by atoms with E-state index in [0.717, 1.165) is 31.4 Å². The highest BCUT2D eigenvalue weighted by molar-refractivity contribution is 6.13. The van der Waals surface area contributed by atoms with Gasteiger partial charge in [0, 0.05) is 13.0 Å². The standard InChI is InChI=1S/C18H36F2OSi/c1-17(2)16-21-15-13-11-9-7-5-3-4-6-8-10-12-14-18(19,20)22/h1,3-16H2,2,22H3. The summed E-state index contributed by atoms with van der Waals surface area (Å²) in [4.78, 5) is 0. The van der Waals surface area contributed by atoms with E-state index in [-0.39, 0.29) is 16.7 Å². The molecule has 0 spiro atoms. The summed E-state index contributed by atoms with van der Waals surface area (Å²) in [7, 11) is 0.00315. The van der Waals surface area contributed by atoms with Crippen LogP contribution in [0.4, 0.5) is 8.78 Å². The minimum absolute atomic E-state index is 0.00315. The summed E-state index contributed by atoms with van der Waals surface area (Å²) in [6, 6.07) is 0. The Balaban J connectivity index is 3.04. The Kier molecular flexibility index (Phi) is 14.2. The smallest absolute Gasteiger partial charge is 0.219 e. The summed E-state index contributed by atoms with van der Waals surface area (Å²) in [6.07, 6.45) is 13.0. The maximum atomic E-state index is 12.7. The molecule has 132 valence electrons.